The van der Waals surface area contributed by atoms with Crippen molar-refractivity contribution in [2.24, 2.45) is 5.73 Å². The molecular formula is C11H20FN3. The van der Waals surface area contributed by atoms with Crippen molar-refractivity contribution >= 4 is 0 Å². The quantitative estimate of drug-likeness (QED) is 0.786. The van der Waals surface area contributed by atoms with Crippen molar-refractivity contribution in [2.45, 2.75) is 45.3 Å². The van der Waals surface area contributed by atoms with E-state index in [9.17, 15) is 4.39 Å². The average Bonchev–Trinajstić information content (AvgIpc) is 2.68. The van der Waals surface area contributed by atoms with Gasteiger partial charge in [-0.05, 0) is 18.9 Å². The molecule has 0 aliphatic carbocycles. The maximum atomic E-state index is 13.0. The standard InChI is InChI=1S/C11H20FN3/c1-3-11(4-2)15-6-5-10(14-15)7-9(12)8-13/h5-6,9,11H,3-4,7-8,13H2,1-2H3. The first-order valence-electron chi connectivity index (χ1n) is 5.59. The number of rotatable bonds is 6. The number of hydrogen-bond donors (Lipinski definition) is 1. The molecule has 1 aromatic rings. The van der Waals surface area contributed by atoms with Gasteiger partial charge in [0, 0.05) is 19.2 Å². The summed E-state index contributed by atoms with van der Waals surface area (Å²) in [5, 5.41) is 4.36. The normalized spacial score (nSPS) is 13.4. The third-order valence-corrected chi connectivity index (χ3v) is 2.67. The van der Waals surface area contributed by atoms with Crippen molar-refractivity contribution in [3.63, 3.8) is 0 Å². The second-order valence-electron chi connectivity index (χ2n) is 3.79. The Labute approximate surface area is 90.5 Å². The van der Waals surface area contributed by atoms with Crippen molar-refractivity contribution in [1.82, 2.24) is 9.78 Å². The van der Waals surface area contributed by atoms with E-state index in [1.165, 1.54) is 0 Å². The molecule has 0 aliphatic heterocycles. The minimum Gasteiger partial charge on any atom is -0.328 e. The van der Waals surface area contributed by atoms with E-state index in [1.54, 1.807) is 0 Å². The first-order chi connectivity index (χ1) is 7.21. The van der Waals surface area contributed by atoms with Gasteiger partial charge in [0.15, 0.2) is 0 Å². The summed E-state index contributed by atoms with van der Waals surface area (Å²) in [5.41, 5.74) is 6.02. The Morgan fingerprint density at radius 2 is 2.13 bits per heavy atom. The second kappa shape index (κ2) is 5.85. The molecule has 86 valence electrons. The van der Waals surface area contributed by atoms with E-state index in [4.69, 9.17) is 5.73 Å². The third kappa shape index (κ3) is 3.30. The molecule has 1 atom stereocenters. The molecule has 3 nitrogen and oxygen atoms in total. The highest BCUT2D eigenvalue weighted by molar-refractivity contribution is 5.01. The monoisotopic (exact) mass is 213 g/mol. The van der Waals surface area contributed by atoms with Gasteiger partial charge in [0.05, 0.1) is 11.7 Å². The molecule has 0 bridgehead atoms. The zero-order valence-corrected chi connectivity index (χ0v) is 9.49. The molecule has 1 aromatic heterocycles. The molecule has 0 saturated carbocycles. The molecule has 1 unspecified atom stereocenters. The van der Waals surface area contributed by atoms with Gasteiger partial charge in [-0.2, -0.15) is 5.10 Å². The van der Waals surface area contributed by atoms with E-state index < -0.39 is 6.17 Å². The van der Waals surface area contributed by atoms with Crippen LogP contribution in [-0.2, 0) is 6.42 Å². The minimum absolute atomic E-state index is 0.0673. The molecular weight excluding hydrogens is 193 g/mol. The smallest absolute Gasteiger partial charge is 0.118 e. The Morgan fingerprint density at radius 1 is 1.47 bits per heavy atom. The molecule has 0 saturated heterocycles. The fourth-order valence-electron chi connectivity index (χ4n) is 1.66. The van der Waals surface area contributed by atoms with Crippen LogP contribution in [0.15, 0.2) is 12.3 Å². The number of halogens is 1. The fraction of sp³-hybridized carbons (Fsp3) is 0.727. The molecule has 0 aliphatic rings. The van der Waals surface area contributed by atoms with Crippen molar-refractivity contribution in [3.05, 3.63) is 18.0 Å². The van der Waals surface area contributed by atoms with Crippen LogP contribution < -0.4 is 5.73 Å². The molecule has 0 radical (unpaired) electrons. The van der Waals surface area contributed by atoms with Gasteiger partial charge in [0.25, 0.3) is 0 Å². The Kier molecular flexibility index (Phi) is 4.75. The summed E-state index contributed by atoms with van der Waals surface area (Å²) < 4.78 is 14.9. The number of nitrogens with zero attached hydrogens (tertiary/aromatic N) is 2. The first-order valence-corrected chi connectivity index (χ1v) is 5.59. The van der Waals surface area contributed by atoms with Crippen LogP contribution in [0.4, 0.5) is 4.39 Å². The van der Waals surface area contributed by atoms with Crippen molar-refractivity contribution in [3.8, 4) is 0 Å². The van der Waals surface area contributed by atoms with E-state index in [0.29, 0.717) is 12.5 Å². The Hall–Kier alpha value is -0.900. The lowest BCUT2D eigenvalue weighted by Gasteiger charge is -2.12. The van der Waals surface area contributed by atoms with Gasteiger partial charge in [-0.1, -0.05) is 13.8 Å². The van der Waals surface area contributed by atoms with Gasteiger partial charge in [0.1, 0.15) is 6.17 Å². The van der Waals surface area contributed by atoms with Crippen LogP contribution in [0.5, 0.6) is 0 Å². The van der Waals surface area contributed by atoms with Gasteiger partial charge < -0.3 is 5.73 Å². The van der Waals surface area contributed by atoms with E-state index in [-0.39, 0.29) is 6.54 Å². The van der Waals surface area contributed by atoms with Crippen LogP contribution in [0.3, 0.4) is 0 Å². The second-order valence-corrected chi connectivity index (χ2v) is 3.79. The summed E-state index contributed by atoms with van der Waals surface area (Å²) in [5.74, 6) is 0. The Morgan fingerprint density at radius 3 is 2.67 bits per heavy atom. The van der Waals surface area contributed by atoms with Gasteiger partial charge in [-0.3, -0.25) is 4.68 Å². The summed E-state index contributed by atoms with van der Waals surface area (Å²) in [6.07, 6.45) is 3.37. The topological polar surface area (TPSA) is 43.8 Å². The van der Waals surface area contributed by atoms with Crippen LogP contribution in [-0.4, -0.2) is 22.5 Å². The van der Waals surface area contributed by atoms with Gasteiger partial charge in [0.2, 0.25) is 0 Å². The van der Waals surface area contributed by atoms with Crippen molar-refractivity contribution in [1.29, 1.82) is 0 Å². The van der Waals surface area contributed by atoms with E-state index in [2.05, 4.69) is 18.9 Å². The van der Waals surface area contributed by atoms with Crippen LogP contribution in [0, 0.1) is 0 Å². The van der Waals surface area contributed by atoms with Crippen molar-refractivity contribution < 1.29 is 4.39 Å². The molecule has 0 fully saturated rings. The lowest BCUT2D eigenvalue weighted by atomic mass is 10.2. The van der Waals surface area contributed by atoms with E-state index in [1.807, 2.05) is 16.9 Å². The first kappa shape index (κ1) is 12.2. The Balaban J connectivity index is 2.63. The Bertz CT molecular complexity index is 281. The number of nitrogens with two attached hydrogens (primary N) is 1. The molecule has 0 spiro atoms. The van der Waals surface area contributed by atoms with Crippen LogP contribution >= 0.6 is 0 Å². The van der Waals surface area contributed by atoms with Crippen molar-refractivity contribution in [2.75, 3.05) is 6.54 Å². The molecule has 15 heavy (non-hydrogen) atoms. The molecule has 0 aromatic carbocycles. The average molecular weight is 213 g/mol. The largest absolute Gasteiger partial charge is 0.328 e. The van der Waals surface area contributed by atoms with Crippen LogP contribution in [0.25, 0.3) is 0 Å². The number of hydrogen-bond acceptors (Lipinski definition) is 2. The highest BCUT2D eigenvalue weighted by atomic mass is 19.1. The molecule has 1 heterocycles. The molecule has 1 rings (SSSR count). The predicted molar refractivity (Wildman–Crippen MR) is 59.5 cm³/mol. The van der Waals surface area contributed by atoms with Gasteiger partial charge >= 0.3 is 0 Å². The molecule has 0 amide bonds. The zero-order chi connectivity index (χ0) is 11.3. The van der Waals surface area contributed by atoms with Gasteiger partial charge in [-0.25, -0.2) is 4.39 Å². The fourth-order valence-corrected chi connectivity index (χ4v) is 1.66. The SMILES string of the molecule is CCC(CC)n1ccc(CC(F)CN)n1. The molecule has 2 N–H and O–H groups in total. The summed E-state index contributed by atoms with van der Waals surface area (Å²) in [6, 6.07) is 2.30. The van der Waals surface area contributed by atoms with E-state index >= 15 is 0 Å². The highest BCUT2D eigenvalue weighted by Crippen LogP contribution is 2.15. The summed E-state index contributed by atoms with van der Waals surface area (Å²) in [4.78, 5) is 0. The number of aromatic nitrogens is 2. The third-order valence-electron chi connectivity index (χ3n) is 2.67. The summed E-state index contributed by atoms with van der Waals surface area (Å²) >= 11 is 0. The number of alkyl halides is 1. The maximum Gasteiger partial charge on any atom is 0.118 e. The summed E-state index contributed by atoms with van der Waals surface area (Å²) in [7, 11) is 0. The minimum atomic E-state index is -0.977. The highest BCUT2D eigenvalue weighted by Gasteiger charge is 2.11. The van der Waals surface area contributed by atoms with Gasteiger partial charge in [-0.15, -0.1) is 0 Å². The predicted octanol–water partition coefficient (Wildman–Crippen LogP) is 2.08. The lowest BCUT2D eigenvalue weighted by molar-refractivity contribution is 0.335. The lowest BCUT2D eigenvalue weighted by Crippen LogP contribution is -2.18. The zero-order valence-electron chi connectivity index (χ0n) is 9.49. The maximum absolute atomic E-state index is 13.0. The van der Waals surface area contributed by atoms with Crippen LogP contribution in [0.2, 0.25) is 0 Å². The summed E-state index contributed by atoms with van der Waals surface area (Å²) in [6.45, 7) is 4.33. The van der Waals surface area contributed by atoms with Crippen LogP contribution in [0.1, 0.15) is 38.4 Å². The van der Waals surface area contributed by atoms with E-state index in [0.717, 1.165) is 18.5 Å². The molecule has 4 heteroatoms.